The topological polar surface area (TPSA) is 56.3 Å². The van der Waals surface area contributed by atoms with E-state index in [9.17, 15) is 0 Å². The van der Waals surface area contributed by atoms with Crippen LogP contribution in [-0.4, -0.2) is 30.7 Å². The van der Waals surface area contributed by atoms with Gasteiger partial charge in [-0.3, -0.25) is 0 Å². The monoisotopic (exact) mass is 385 g/mol. The summed E-state index contributed by atoms with van der Waals surface area (Å²) in [6, 6.07) is 23.9. The predicted octanol–water partition coefficient (Wildman–Crippen LogP) is 4.97. The van der Waals surface area contributed by atoms with Gasteiger partial charge in [-0.15, -0.1) is 0 Å². The fraction of sp³-hybridized carbons (Fsp3) is 0.167. The zero-order chi connectivity index (χ0) is 20.1. The molecule has 0 aliphatic heterocycles. The minimum Gasteiger partial charge on any atom is -0.497 e. The highest BCUT2D eigenvalue weighted by atomic mass is 16.5. The molecule has 0 amide bonds. The van der Waals surface area contributed by atoms with Crippen molar-refractivity contribution in [1.29, 1.82) is 0 Å². The van der Waals surface area contributed by atoms with E-state index in [1.165, 1.54) is 0 Å². The number of fused-ring (bicyclic) bond motifs is 1. The van der Waals surface area contributed by atoms with Crippen LogP contribution in [0.5, 0.6) is 11.5 Å². The predicted molar refractivity (Wildman–Crippen MR) is 117 cm³/mol. The molecule has 5 nitrogen and oxygen atoms in total. The Bertz CT molecular complexity index is 1110. The number of hydrogen-bond donors (Lipinski definition) is 1. The van der Waals surface area contributed by atoms with Crippen LogP contribution in [0.15, 0.2) is 72.8 Å². The van der Waals surface area contributed by atoms with E-state index in [1.807, 2.05) is 72.8 Å². The van der Waals surface area contributed by atoms with Gasteiger partial charge in [0, 0.05) is 17.5 Å². The highest BCUT2D eigenvalue weighted by molar-refractivity contribution is 5.90. The minimum absolute atomic E-state index is 0.707. The molecule has 0 unspecified atom stereocenters. The zero-order valence-electron chi connectivity index (χ0n) is 16.6. The van der Waals surface area contributed by atoms with Gasteiger partial charge in [-0.2, -0.15) is 0 Å². The Hall–Kier alpha value is -3.60. The molecule has 0 fully saturated rings. The van der Waals surface area contributed by atoms with E-state index >= 15 is 0 Å². The highest BCUT2D eigenvalue weighted by Crippen LogP contribution is 2.26. The van der Waals surface area contributed by atoms with Crippen LogP contribution in [0.4, 0.5) is 5.82 Å². The summed E-state index contributed by atoms with van der Waals surface area (Å²) < 4.78 is 10.8. The molecule has 3 aromatic carbocycles. The Labute approximate surface area is 170 Å². The van der Waals surface area contributed by atoms with Crippen molar-refractivity contribution in [2.45, 2.75) is 6.42 Å². The number of para-hydroxylation sites is 1. The fourth-order valence-corrected chi connectivity index (χ4v) is 3.32. The Morgan fingerprint density at radius 1 is 0.828 bits per heavy atom. The summed E-state index contributed by atoms with van der Waals surface area (Å²) >= 11 is 0. The molecule has 4 rings (SSSR count). The lowest BCUT2D eigenvalue weighted by Crippen LogP contribution is -2.09. The van der Waals surface area contributed by atoms with Crippen molar-refractivity contribution in [2.24, 2.45) is 0 Å². The van der Waals surface area contributed by atoms with Crippen LogP contribution in [0.25, 0.3) is 22.3 Å². The van der Waals surface area contributed by atoms with E-state index < -0.39 is 0 Å². The average Bonchev–Trinajstić information content (AvgIpc) is 2.79. The van der Waals surface area contributed by atoms with Crippen LogP contribution >= 0.6 is 0 Å². The van der Waals surface area contributed by atoms with Crippen LogP contribution in [0.1, 0.15) is 5.56 Å². The molecule has 0 saturated carbocycles. The number of nitrogens with zero attached hydrogens (tertiary/aromatic N) is 2. The first-order valence-electron chi connectivity index (χ1n) is 9.55. The number of anilines is 1. The number of hydrogen-bond acceptors (Lipinski definition) is 5. The van der Waals surface area contributed by atoms with Gasteiger partial charge >= 0.3 is 0 Å². The standard InChI is InChI=1S/C24H23N3O2/c1-28-19-12-13-22(29-2)18(16-19)14-15-25-24-20-10-6-7-11-21(20)26-23(27-24)17-8-4-3-5-9-17/h3-13,16H,14-15H2,1-2H3,(H,25,26,27). The maximum atomic E-state index is 5.49. The molecule has 0 bridgehead atoms. The molecule has 1 N–H and O–H groups in total. The van der Waals surface area contributed by atoms with Gasteiger partial charge in [0.25, 0.3) is 0 Å². The summed E-state index contributed by atoms with van der Waals surface area (Å²) in [6.45, 7) is 0.707. The molecular weight excluding hydrogens is 362 g/mol. The lowest BCUT2D eigenvalue weighted by atomic mass is 10.1. The Kier molecular flexibility index (Phi) is 5.56. The fourth-order valence-electron chi connectivity index (χ4n) is 3.32. The lowest BCUT2D eigenvalue weighted by molar-refractivity contribution is 0.399. The molecule has 4 aromatic rings. The van der Waals surface area contributed by atoms with Crippen LogP contribution in [0.2, 0.25) is 0 Å². The van der Waals surface area contributed by atoms with Crippen molar-refractivity contribution in [3.05, 3.63) is 78.4 Å². The van der Waals surface area contributed by atoms with Gasteiger partial charge in [0.1, 0.15) is 17.3 Å². The Morgan fingerprint density at radius 3 is 2.41 bits per heavy atom. The van der Waals surface area contributed by atoms with E-state index in [0.717, 1.165) is 45.8 Å². The maximum Gasteiger partial charge on any atom is 0.162 e. The molecular formula is C24H23N3O2. The van der Waals surface area contributed by atoms with Gasteiger partial charge in [-0.05, 0) is 42.3 Å². The van der Waals surface area contributed by atoms with E-state index in [0.29, 0.717) is 12.4 Å². The molecule has 1 heterocycles. The van der Waals surface area contributed by atoms with Crippen LogP contribution in [0, 0.1) is 0 Å². The van der Waals surface area contributed by atoms with Gasteiger partial charge in [0.05, 0.1) is 19.7 Å². The van der Waals surface area contributed by atoms with Gasteiger partial charge in [-0.25, -0.2) is 9.97 Å². The smallest absolute Gasteiger partial charge is 0.162 e. The largest absolute Gasteiger partial charge is 0.497 e. The molecule has 0 radical (unpaired) electrons. The summed E-state index contributed by atoms with van der Waals surface area (Å²) in [6.07, 6.45) is 0.777. The first kappa shape index (κ1) is 18.7. The van der Waals surface area contributed by atoms with Gasteiger partial charge in [0.15, 0.2) is 5.82 Å². The van der Waals surface area contributed by atoms with Crippen molar-refractivity contribution in [2.75, 3.05) is 26.1 Å². The number of methoxy groups -OCH3 is 2. The summed E-state index contributed by atoms with van der Waals surface area (Å²) in [7, 11) is 3.35. The first-order chi connectivity index (χ1) is 14.3. The highest BCUT2D eigenvalue weighted by Gasteiger charge is 2.10. The summed E-state index contributed by atoms with van der Waals surface area (Å²) in [4.78, 5) is 9.54. The molecule has 1 aromatic heterocycles. The van der Waals surface area contributed by atoms with E-state index in [-0.39, 0.29) is 0 Å². The Morgan fingerprint density at radius 2 is 1.62 bits per heavy atom. The number of benzene rings is 3. The van der Waals surface area contributed by atoms with Crippen LogP contribution in [-0.2, 0) is 6.42 Å². The van der Waals surface area contributed by atoms with Gasteiger partial charge < -0.3 is 14.8 Å². The van der Waals surface area contributed by atoms with Crippen molar-refractivity contribution < 1.29 is 9.47 Å². The third kappa shape index (κ3) is 4.14. The van der Waals surface area contributed by atoms with Gasteiger partial charge in [-0.1, -0.05) is 42.5 Å². The minimum atomic E-state index is 0.707. The normalized spacial score (nSPS) is 10.7. The van der Waals surface area contributed by atoms with E-state index in [1.54, 1.807) is 14.2 Å². The Balaban J connectivity index is 1.61. The third-order valence-corrected chi connectivity index (χ3v) is 4.81. The number of nitrogens with one attached hydrogen (secondary N) is 1. The van der Waals surface area contributed by atoms with Crippen molar-refractivity contribution >= 4 is 16.7 Å². The molecule has 0 spiro atoms. The van der Waals surface area contributed by atoms with Crippen molar-refractivity contribution in [3.63, 3.8) is 0 Å². The average molecular weight is 385 g/mol. The van der Waals surface area contributed by atoms with Crippen LogP contribution in [0.3, 0.4) is 0 Å². The number of aromatic nitrogens is 2. The van der Waals surface area contributed by atoms with Gasteiger partial charge in [0.2, 0.25) is 0 Å². The summed E-state index contributed by atoms with van der Waals surface area (Å²) in [5, 5.41) is 4.49. The SMILES string of the molecule is COc1ccc(OC)c(CCNc2nc(-c3ccccc3)nc3ccccc23)c1. The summed E-state index contributed by atoms with van der Waals surface area (Å²) in [5.41, 5.74) is 3.00. The summed E-state index contributed by atoms with van der Waals surface area (Å²) in [5.74, 6) is 3.21. The second-order valence-corrected chi connectivity index (χ2v) is 6.63. The number of ether oxygens (including phenoxy) is 2. The number of rotatable bonds is 7. The van der Waals surface area contributed by atoms with Crippen molar-refractivity contribution in [3.8, 4) is 22.9 Å². The molecule has 29 heavy (non-hydrogen) atoms. The zero-order valence-corrected chi connectivity index (χ0v) is 16.6. The van der Waals surface area contributed by atoms with E-state index in [2.05, 4.69) is 5.32 Å². The maximum absolute atomic E-state index is 5.49. The third-order valence-electron chi connectivity index (χ3n) is 4.81. The molecule has 0 aliphatic rings. The molecule has 0 aliphatic carbocycles. The van der Waals surface area contributed by atoms with Crippen molar-refractivity contribution in [1.82, 2.24) is 9.97 Å². The lowest BCUT2D eigenvalue weighted by Gasteiger charge is -2.13. The van der Waals surface area contributed by atoms with E-state index in [4.69, 9.17) is 19.4 Å². The molecule has 146 valence electrons. The molecule has 0 atom stereocenters. The first-order valence-corrected chi connectivity index (χ1v) is 9.55. The van der Waals surface area contributed by atoms with Crippen LogP contribution < -0.4 is 14.8 Å². The second kappa shape index (κ2) is 8.61. The quantitative estimate of drug-likeness (QED) is 0.487. The molecule has 0 saturated heterocycles. The second-order valence-electron chi connectivity index (χ2n) is 6.63. The molecule has 5 heteroatoms.